The van der Waals surface area contributed by atoms with Gasteiger partial charge in [0.2, 0.25) is 0 Å². The van der Waals surface area contributed by atoms with Crippen LogP contribution in [-0.2, 0) is 4.79 Å². The summed E-state index contributed by atoms with van der Waals surface area (Å²) in [6, 6.07) is -0.435. The molecule has 0 bridgehead atoms. The summed E-state index contributed by atoms with van der Waals surface area (Å²) >= 11 is 1.47. The van der Waals surface area contributed by atoms with Crippen LogP contribution in [0.15, 0.2) is 22.1 Å². The van der Waals surface area contributed by atoms with Crippen LogP contribution in [0.25, 0.3) is 0 Å². The highest BCUT2D eigenvalue weighted by atomic mass is 32.2. The smallest absolute Gasteiger partial charge is 0.302 e. The average molecular weight is 182 g/mol. The van der Waals surface area contributed by atoms with Gasteiger partial charge in [0, 0.05) is 4.91 Å². The molecule has 2 N–H and O–H groups in total. The van der Waals surface area contributed by atoms with Gasteiger partial charge in [0.05, 0.1) is 0 Å². The van der Waals surface area contributed by atoms with Crippen LogP contribution >= 0.6 is 11.8 Å². The summed E-state index contributed by atoms with van der Waals surface area (Å²) in [6.45, 7) is 0. The molecule has 4 nitrogen and oxygen atoms in total. The molecule has 0 aromatic rings. The second-order valence-corrected chi connectivity index (χ2v) is 3.40. The summed E-state index contributed by atoms with van der Waals surface area (Å²) in [7, 11) is 0. The number of imide groups is 1. The number of allylic oxidation sites excluding steroid dienone is 2. The number of hydrogen-bond donors (Lipinski definition) is 2. The van der Waals surface area contributed by atoms with Crippen LogP contribution in [0.1, 0.15) is 6.42 Å². The maximum atomic E-state index is 11.1. The van der Waals surface area contributed by atoms with Crippen molar-refractivity contribution in [3.8, 4) is 0 Å². The number of amides is 3. The van der Waals surface area contributed by atoms with E-state index in [2.05, 4.69) is 10.6 Å². The van der Waals surface area contributed by atoms with Crippen LogP contribution in [0.5, 0.6) is 0 Å². The topological polar surface area (TPSA) is 58.2 Å². The molecule has 2 rings (SSSR count). The van der Waals surface area contributed by atoms with Crippen LogP contribution in [0.4, 0.5) is 4.79 Å². The summed E-state index contributed by atoms with van der Waals surface area (Å²) in [4.78, 5) is 22.7. The highest BCUT2D eigenvalue weighted by Crippen LogP contribution is 2.30. The third-order valence-corrected chi connectivity index (χ3v) is 2.57. The van der Waals surface area contributed by atoms with Gasteiger partial charge in [-0.25, -0.2) is 4.79 Å². The number of carbonyl (C=O) groups excluding carboxylic acids is 2. The van der Waals surface area contributed by atoms with Crippen LogP contribution in [-0.4, -0.2) is 11.9 Å². The molecular formula is C7H6N2O2S. The van der Waals surface area contributed by atoms with Crippen molar-refractivity contribution in [3.05, 3.63) is 22.1 Å². The van der Waals surface area contributed by atoms with E-state index in [1.54, 1.807) is 0 Å². The van der Waals surface area contributed by atoms with Crippen molar-refractivity contribution < 1.29 is 9.59 Å². The van der Waals surface area contributed by atoms with E-state index >= 15 is 0 Å². The predicted molar refractivity (Wildman–Crippen MR) is 45.0 cm³/mol. The van der Waals surface area contributed by atoms with E-state index in [0.717, 1.165) is 11.3 Å². The molecule has 2 aliphatic rings. The van der Waals surface area contributed by atoms with Gasteiger partial charge >= 0.3 is 6.03 Å². The van der Waals surface area contributed by atoms with Gasteiger partial charge in [-0.15, -0.1) is 11.8 Å². The van der Waals surface area contributed by atoms with Crippen LogP contribution in [0, 0.1) is 0 Å². The zero-order valence-corrected chi connectivity index (χ0v) is 6.90. The lowest BCUT2D eigenvalue weighted by atomic mass is 10.3. The van der Waals surface area contributed by atoms with Crippen molar-refractivity contribution in [2.45, 2.75) is 6.42 Å². The standard InChI is InChI=1S/C7H6N2O2S/c10-6-5(8-7(11)9-6)4-2-1-3-12-4/h1,3H,2H2,(H2,8,9,10,11)/b5-4-. The Morgan fingerprint density at radius 1 is 1.33 bits per heavy atom. The normalized spacial score (nSPS) is 27.7. The molecular weight excluding hydrogens is 176 g/mol. The molecule has 0 aromatic heterocycles. The highest BCUT2D eigenvalue weighted by molar-refractivity contribution is 8.06. The molecule has 1 fully saturated rings. The van der Waals surface area contributed by atoms with Gasteiger partial charge in [-0.3, -0.25) is 10.1 Å². The molecule has 3 amide bonds. The zero-order valence-electron chi connectivity index (χ0n) is 6.09. The first-order chi connectivity index (χ1) is 5.77. The number of hydrogen-bond acceptors (Lipinski definition) is 3. The largest absolute Gasteiger partial charge is 0.326 e. The van der Waals surface area contributed by atoms with Gasteiger partial charge in [-0.2, -0.15) is 0 Å². The lowest BCUT2D eigenvalue weighted by Crippen LogP contribution is -2.22. The molecule has 2 aliphatic heterocycles. The minimum absolute atomic E-state index is 0.328. The Balaban J connectivity index is 2.29. The minimum Gasteiger partial charge on any atom is -0.302 e. The molecule has 0 atom stereocenters. The van der Waals surface area contributed by atoms with E-state index in [0.29, 0.717) is 5.70 Å². The van der Waals surface area contributed by atoms with Crippen molar-refractivity contribution in [2.24, 2.45) is 0 Å². The third-order valence-electron chi connectivity index (χ3n) is 1.58. The molecule has 0 radical (unpaired) electrons. The lowest BCUT2D eigenvalue weighted by molar-refractivity contribution is -0.115. The van der Waals surface area contributed by atoms with Crippen molar-refractivity contribution in [1.82, 2.24) is 10.6 Å². The molecule has 1 saturated heterocycles. The SMILES string of the molecule is O=C1NC(=O)/C(=C2\CC=CS2)N1. The first-order valence-electron chi connectivity index (χ1n) is 3.44. The Hall–Kier alpha value is -1.23. The first-order valence-corrected chi connectivity index (χ1v) is 4.32. The molecule has 0 aliphatic carbocycles. The predicted octanol–water partition coefficient (Wildman–Crippen LogP) is 0.688. The van der Waals surface area contributed by atoms with E-state index in [1.807, 2.05) is 11.5 Å². The fourth-order valence-corrected chi connectivity index (χ4v) is 1.87. The second kappa shape index (κ2) is 2.67. The maximum absolute atomic E-state index is 11.1. The number of nitrogens with one attached hydrogen (secondary N) is 2. The fraction of sp³-hybridized carbons (Fsp3) is 0.143. The molecule has 0 unspecified atom stereocenters. The Labute approximate surface area is 73.1 Å². The van der Waals surface area contributed by atoms with Crippen LogP contribution in [0.2, 0.25) is 0 Å². The minimum atomic E-state index is -0.435. The second-order valence-electron chi connectivity index (χ2n) is 2.40. The van der Waals surface area contributed by atoms with Gasteiger partial charge in [0.15, 0.2) is 0 Å². The highest BCUT2D eigenvalue weighted by Gasteiger charge is 2.26. The third kappa shape index (κ3) is 1.12. The lowest BCUT2D eigenvalue weighted by Gasteiger charge is -1.97. The monoisotopic (exact) mass is 182 g/mol. The molecule has 0 spiro atoms. The van der Waals surface area contributed by atoms with E-state index in [-0.39, 0.29) is 5.91 Å². The summed E-state index contributed by atoms with van der Waals surface area (Å²) in [5.41, 5.74) is 0.398. The summed E-state index contributed by atoms with van der Waals surface area (Å²) in [6.07, 6.45) is 2.68. The average Bonchev–Trinajstić information content (AvgIpc) is 2.58. The summed E-state index contributed by atoms with van der Waals surface area (Å²) in [5.74, 6) is -0.328. The Morgan fingerprint density at radius 2 is 2.17 bits per heavy atom. The van der Waals surface area contributed by atoms with Crippen LogP contribution < -0.4 is 10.6 Å². The van der Waals surface area contributed by atoms with Crippen LogP contribution in [0.3, 0.4) is 0 Å². The summed E-state index contributed by atoms with van der Waals surface area (Å²) in [5, 5.41) is 6.52. The van der Waals surface area contributed by atoms with Crippen molar-refractivity contribution >= 4 is 23.7 Å². The van der Waals surface area contributed by atoms with Gasteiger partial charge < -0.3 is 5.32 Å². The van der Waals surface area contributed by atoms with E-state index in [9.17, 15) is 9.59 Å². The van der Waals surface area contributed by atoms with E-state index in [4.69, 9.17) is 0 Å². The Morgan fingerprint density at radius 3 is 2.67 bits per heavy atom. The molecule has 0 saturated carbocycles. The first kappa shape index (κ1) is 7.42. The fourth-order valence-electron chi connectivity index (χ4n) is 1.06. The quantitative estimate of drug-likeness (QED) is 0.428. The number of urea groups is 1. The van der Waals surface area contributed by atoms with Crippen molar-refractivity contribution in [2.75, 3.05) is 0 Å². The van der Waals surface area contributed by atoms with Gasteiger partial charge in [-0.1, -0.05) is 6.08 Å². The molecule has 12 heavy (non-hydrogen) atoms. The molecule has 62 valence electrons. The number of rotatable bonds is 0. The Kier molecular flexibility index (Phi) is 1.65. The molecule has 0 aromatic carbocycles. The zero-order chi connectivity index (χ0) is 8.55. The van der Waals surface area contributed by atoms with Gasteiger partial charge in [0.1, 0.15) is 5.70 Å². The maximum Gasteiger partial charge on any atom is 0.326 e. The van der Waals surface area contributed by atoms with Gasteiger partial charge in [0.25, 0.3) is 5.91 Å². The van der Waals surface area contributed by atoms with Gasteiger partial charge in [-0.05, 0) is 11.8 Å². The Bertz CT molecular complexity index is 309. The number of thioether (sulfide) groups is 1. The number of carbonyl (C=O) groups is 2. The van der Waals surface area contributed by atoms with E-state index in [1.165, 1.54) is 11.8 Å². The van der Waals surface area contributed by atoms with E-state index < -0.39 is 6.03 Å². The molecule has 5 heteroatoms. The summed E-state index contributed by atoms with van der Waals surface area (Å²) < 4.78 is 0. The van der Waals surface area contributed by atoms with Crippen molar-refractivity contribution in [1.29, 1.82) is 0 Å². The van der Waals surface area contributed by atoms with Crippen molar-refractivity contribution in [3.63, 3.8) is 0 Å². The molecule has 2 heterocycles.